The Kier molecular flexibility index (Phi) is 4.28. The van der Waals surface area contributed by atoms with Crippen molar-refractivity contribution in [2.45, 2.75) is 6.92 Å². The average Bonchev–Trinajstić information content (AvgIpc) is 2.98. The van der Waals surface area contributed by atoms with Gasteiger partial charge in [-0.05, 0) is 49.4 Å². The zero-order chi connectivity index (χ0) is 16.4. The van der Waals surface area contributed by atoms with Crippen LogP contribution in [0.15, 0.2) is 42.5 Å². The molecule has 0 fully saturated rings. The molecule has 0 aliphatic rings. The number of amides is 1. The van der Waals surface area contributed by atoms with Crippen molar-refractivity contribution < 1.29 is 4.79 Å². The van der Waals surface area contributed by atoms with Crippen LogP contribution < -0.4 is 4.90 Å². The largest absolute Gasteiger partial charge is 0.284 e. The summed E-state index contributed by atoms with van der Waals surface area (Å²) < 4.78 is 0.982. The van der Waals surface area contributed by atoms with Crippen LogP contribution in [0.2, 0.25) is 5.02 Å². The van der Waals surface area contributed by atoms with Crippen molar-refractivity contribution in [2.75, 3.05) is 11.4 Å². The summed E-state index contributed by atoms with van der Waals surface area (Å²) >= 11 is 7.44. The lowest BCUT2D eigenvalue weighted by molar-refractivity contribution is 0.0988. The zero-order valence-corrected chi connectivity index (χ0v) is 13.9. The molecule has 0 saturated carbocycles. The minimum atomic E-state index is -0.137. The first kappa shape index (κ1) is 15.5. The van der Waals surface area contributed by atoms with Crippen LogP contribution in [0.4, 0.5) is 5.13 Å². The Labute approximate surface area is 142 Å². The van der Waals surface area contributed by atoms with Crippen LogP contribution in [0.25, 0.3) is 10.2 Å². The smallest absolute Gasteiger partial charge is 0.260 e. The fraction of sp³-hybridized carbons (Fsp3) is 0.118. The number of thiazole rings is 1. The summed E-state index contributed by atoms with van der Waals surface area (Å²) in [4.78, 5) is 18.8. The zero-order valence-electron chi connectivity index (χ0n) is 12.3. The highest BCUT2D eigenvalue weighted by Crippen LogP contribution is 2.31. The molecule has 0 aliphatic carbocycles. The molecule has 3 aromatic rings. The van der Waals surface area contributed by atoms with Crippen LogP contribution in [-0.2, 0) is 0 Å². The molecule has 0 unspecified atom stereocenters. The van der Waals surface area contributed by atoms with E-state index in [1.54, 1.807) is 35.2 Å². The van der Waals surface area contributed by atoms with Crippen LogP contribution in [0, 0.1) is 11.3 Å². The number of aromatic nitrogens is 1. The predicted molar refractivity (Wildman–Crippen MR) is 93.1 cm³/mol. The minimum absolute atomic E-state index is 0.137. The van der Waals surface area contributed by atoms with Crippen LogP contribution in [-0.4, -0.2) is 17.4 Å². The Bertz CT molecular complexity index is 912. The van der Waals surface area contributed by atoms with E-state index in [-0.39, 0.29) is 5.91 Å². The number of benzene rings is 2. The number of nitrogens with zero attached hydrogens (tertiary/aromatic N) is 3. The highest BCUT2D eigenvalue weighted by molar-refractivity contribution is 7.22. The van der Waals surface area contributed by atoms with Crippen molar-refractivity contribution in [1.82, 2.24) is 4.98 Å². The van der Waals surface area contributed by atoms with Gasteiger partial charge in [0.1, 0.15) is 0 Å². The molecule has 0 bridgehead atoms. The molecule has 23 heavy (non-hydrogen) atoms. The van der Waals surface area contributed by atoms with Crippen molar-refractivity contribution in [1.29, 1.82) is 5.26 Å². The normalized spacial score (nSPS) is 10.5. The van der Waals surface area contributed by atoms with Gasteiger partial charge in [-0.25, -0.2) is 4.98 Å². The van der Waals surface area contributed by atoms with Crippen molar-refractivity contribution in [3.05, 3.63) is 58.6 Å². The van der Waals surface area contributed by atoms with Gasteiger partial charge in [-0.2, -0.15) is 5.26 Å². The third-order valence-electron chi connectivity index (χ3n) is 3.39. The summed E-state index contributed by atoms with van der Waals surface area (Å²) in [7, 11) is 0. The maximum absolute atomic E-state index is 12.7. The number of fused-ring (bicyclic) bond motifs is 1. The number of carbonyl (C=O) groups is 1. The molecule has 2 aromatic carbocycles. The lowest BCUT2D eigenvalue weighted by Crippen LogP contribution is -2.30. The molecule has 0 aliphatic heterocycles. The first-order valence-corrected chi connectivity index (χ1v) is 8.20. The molecule has 3 rings (SSSR count). The van der Waals surface area contributed by atoms with E-state index in [9.17, 15) is 4.79 Å². The van der Waals surface area contributed by atoms with E-state index in [1.165, 1.54) is 11.3 Å². The van der Waals surface area contributed by atoms with Gasteiger partial charge < -0.3 is 0 Å². The maximum Gasteiger partial charge on any atom is 0.260 e. The number of rotatable bonds is 3. The van der Waals surface area contributed by atoms with Crippen LogP contribution in [0.5, 0.6) is 0 Å². The summed E-state index contributed by atoms with van der Waals surface area (Å²) in [5.74, 6) is -0.137. The number of halogens is 1. The molecule has 0 saturated heterocycles. The first-order valence-electron chi connectivity index (χ1n) is 7.00. The number of anilines is 1. The molecule has 1 heterocycles. The van der Waals surface area contributed by atoms with Crippen LogP contribution in [0.1, 0.15) is 22.8 Å². The summed E-state index contributed by atoms with van der Waals surface area (Å²) in [5.41, 5.74) is 1.84. The summed E-state index contributed by atoms with van der Waals surface area (Å²) in [6, 6.07) is 14.1. The molecular weight excluding hydrogens is 330 g/mol. The van der Waals surface area contributed by atoms with Gasteiger partial charge in [-0.1, -0.05) is 22.9 Å². The Balaban J connectivity index is 1.96. The number of carbonyl (C=O) groups excluding carboxylic acids is 1. The van der Waals surface area contributed by atoms with E-state index in [0.29, 0.717) is 27.8 Å². The van der Waals surface area contributed by atoms with Gasteiger partial charge in [0, 0.05) is 17.1 Å². The van der Waals surface area contributed by atoms with Gasteiger partial charge in [-0.3, -0.25) is 9.69 Å². The van der Waals surface area contributed by atoms with Crippen molar-refractivity contribution in [3.8, 4) is 6.07 Å². The SMILES string of the molecule is CCN(C(=O)c1ccc(C#N)cc1)c1nc2cc(Cl)ccc2s1. The van der Waals surface area contributed by atoms with Crippen LogP contribution >= 0.6 is 22.9 Å². The third-order valence-corrected chi connectivity index (χ3v) is 4.69. The summed E-state index contributed by atoms with van der Waals surface area (Å²) in [6.07, 6.45) is 0. The molecule has 114 valence electrons. The fourth-order valence-corrected chi connectivity index (χ4v) is 3.39. The molecule has 0 atom stereocenters. The highest BCUT2D eigenvalue weighted by Gasteiger charge is 2.19. The lowest BCUT2D eigenvalue weighted by atomic mass is 10.1. The maximum atomic E-state index is 12.7. The Morgan fingerprint density at radius 1 is 1.30 bits per heavy atom. The number of nitriles is 1. The second kappa shape index (κ2) is 6.37. The van der Waals surface area contributed by atoms with Gasteiger partial charge in [0.05, 0.1) is 21.8 Å². The van der Waals surface area contributed by atoms with Gasteiger partial charge in [0.25, 0.3) is 5.91 Å². The van der Waals surface area contributed by atoms with E-state index in [0.717, 1.165) is 10.2 Å². The second-order valence-corrected chi connectivity index (χ2v) is 6.29. The molecule has 0 radical (unpaired) electrons. The van der Waals surface area contributed by atoms with Gasteiger partial charge in [0.15, 0.2) is 5.13 Å². The molecular formula is C17H12ClN3OS. The lowest BCUT2D eigenvalue weighted by Gasteiger charge is -2.17. The van der Waals surface area contributed by atoms with E-state index >= 15 is 0 Å². The average molecular weight is 342 g/mol. The molecule has 1 amide bonds. The Hall–Kier alpha value is -2.42. The Morgan fingerprint density at radius 2 is 2.04 bits per heavy atom. The predicted octanol–water partition coefficient (Wildman–Crippen LogP) is 4.49. The monoisotopic (exact) mass is 341 g/mol. The fourth-order valence-electron chi connectivity index (χ4n) is 2.21. The topological polar surface area (TPSA) is 57.0 Å². The quantitative estimate of drug-likeness (QED) is 0.705. The van der Waals surface area contributed by atoms with Gasteiger partial charge in [0.2, 0.25) is 0 Å². The van der Waals surface area contributed by atoms with E-state index in [2.05, 4.69) is 4.98 Å². The number of hydrogen-bond donors (Lipinski definition) is 0. The highest BCUT2D eigenvalue weighted by atomic mass is 35.5. The number of hydrogen-bond acceptors (Lipinski definition) is 4. The first-order chi connectivity index (χ1) is 11.1. The van der Waals surface area contributed by atoms with Crippen molar-refractivity contribution in [3.63, 3.8) is 0 Å². The van der Waals surface area contributed by atoms with Crippen LogP contribution in [0.3, 0.4) is 0 Å². The third kappa shape index (κ3) is 3.04. The molecule has 0 N–H and O–H groups in total. The summed E-state index contributed by atoms with van der Waals surface area (Å²) in [6.45, 7) is 2.41. The minimum Gasteiger partial charge on any atom is -0.284 e. The molecule has 6 heteroatoms. The van der Waals surface area contributed by atoms with Crippen molar-refractivity contribution in [2.24, 2.45) is 0 Å². The molecule has 4 nitrogen and oxygen atoms in total. The van der Waals surface area contributed by atoms with E-state index in [4.69, 9.17) is 16.9 Å². The second-order valence-electron chi connectivity index (χ2n) is 4.85. The van der Waals surface area contributed by atoms with E-state index < -0.39 is 0 Å². The summed E-state index contributed by atoms with van der Waals surface area (Å²) in [5, 5.41) is 10.1. The Morgan fingerprint density at radius 3 is 2.70 bits per heavy atom. The van der Waals surface area contributed by atoms with Gasteiger partial charge in [-0.15, -0.1) is 0 Å². The molecule has 0 spiro atoms. The molecule has 1 aromatic heterocycles. The van der Waals surface area contributed by atoms with Crippen molar-refractivity contribution >= 4 is 44.2 Å². The standard InChI is InChI=1S/C17H12ClN3OS/c1-2-21(16(22)12-5-3-11(10-19)4-6-12)17-20-14-9-13(18)7-8-15(14)23-17/h3-9H,2H2,1H3. The van der Waals surface area contributed by atoms with E-state index in [1.807, 2.05) is 25.1 Å². The van der Waals surface area contributed by atoms with Gasteiger partial charge >= 0.3 is 0 Å².